The zero-order chi connectivity index (χ0) is 27.3. The van der Waals surface area contributed by atoms with Crippen LogP contribution < -0.4 is 19.5 Å². The normalized spacial score (nSPS) is 10.4. The number of benzene rings is 2. The molecule has 3 rings (SSSR count). The summed E-state index contributed by atoms with van der Waals surface area (Å²) in [7, 11) is 4.30. The Morgan fingerprint density at radius 2 is 1.53 bits per heavy atom. The summed E-state index contributed by atoms with van der Waals surface area (Å²) in [4.78, 5) is 44.2. The number of Topliss-reactive ketones (excluding diaryl/α,β-unsaturated/α-hetero) is 1. The number of pyridine rings is 1. The molecule has 0 saturated heterocycles. The van der Waals surface area contributed by atoms with Crippen molar-refractivity contribution in [3.05, 3.63) is 83.7 Å². The van der Waals surface area contributed by atoms with E-state index in [0.717, 1.165) is 18.4 Å². The number of amides is 2. The molecular formula is C29H33N3O6. The Kier molecular flexibility index (Phi) is 10.7. The largest absolute Gasteiger partial charge is 0.493 e. The van der Waals surface area contributed by atoms with Crippen molar-refractivity contribution < 1.29 is 28.6 Å². The third kappa shape index (κ3) is 7.80. The molecule has 0 atom stereocenters. The Bertz CT molecular complexity index is 1190. The van der Waals surface area contributed by atoms with Crippen LogP contribution >= 0.6 is 0 Å². The van der Waals surface area contributed by atoms with Crippen LogP contribution in [0.5, 0.6) is 17.2 Å². The molecule has 0 bridgehead atoms. The molecule has 0 aliphatic carbocycles. The molecule has 2 aromatic carbocycles. The number of ether oxygens (including phenoxy) is 3. The number of nitrogens with zero attached hydrogens (tertiary/aromatic N) is 2. The van der Waals surface area contributed by atoms with Gasteiger partial charge in [-0.1, -0.05) is 30.3 Å². The van der Waals surface area contributed by atoms with Crippen LogP contribution in [0, 0.1) is 0 Å². The van der Waals surface area contributed by atoms with Gasteiger partial charge >= 0.3 is 0 Å². The Morgan fingerprint density at radius 1 is 0.868 bits per heavy atom. The maximum Gasteiger partial charge on any atom is 0.292 e. The zero-order valence-corrected chi connectivity index (χ0v) is 21.9. The van der Waals surface area contributed by atoms with Crippen LogP contribution in [-0.2, 0) is 22.6 Å². The number of nitrogens with one attached hydrogen (secondary N) is 1. The first-order valence-electron chi connectivity index (χ1n) is 12.3. The van der Waals surface area contributed by atoms with Gasteiger partial charge in [0.25, 0.3) is 5.91 Å². The average molecular weight is 520 g/mol. The first-order chi connectivity index (χ1) is 18.5. The quantitative estimate of drug-likeness (QED) is 0.257. The van der Waals surface area contributed by atoms with E-state index in [9.17, 15) is 14.4 Å². The van der Waals surface area contributed by atoms with Gasteiger partial charge in [-0.15, -0.1) is 0 Å². The number of methoxy groups -OCH3 is 3. The smallest absolute Gasteiger partial charge is 0.292 e. The van der Waals surface area contributed by atoms with Crippen LogP contribution in [0.4, 0.5) is 0 Å². The number of rotatable bonds is 14. The van der Waals surface area contributed by atoms with Gasteiger partial charge in [0.05, 0.1) is 21.3 Å². The highest BCUT2D eigenvalue weighted by Crippen LogP contribution is 2.38. The summed E-state index contributed by atoms with van der Waals surface area (Å²) < 4.78 is 15.8. The first kappa shape index (κ1) is 28.2. The van der Waals surface area contributed by atoms with E-state index in [1.165, 1.54) is 39.0 Å². The molecule has 0 unspecified atom stereocenters. The number of carbonyl (C=O) groups excluding carboxylic acids is 3. The van der Waals surface area contributed by atoms with E-state index in [-0.39, 0.29) is 35.9 Å². The summed E-state index contributed by atoms with van der Waals surface area (Å²) in [5.41, 5.74) is 2.26. The van der Waals surface area contributed by atoms with E-state index in [4.69, 9.17) is 14.2 Å². The third-order valence-corrected chi connectivity index (χ3v) is 5.97. The Morgan fingerprint density at radius 3 is 2.13 bits per heavy atom. The van der Waals surface area contributed by atoms with Crippen LogP contribution in [-0.4, -0.2) is 61.9 Å². The number of carbonyl (C=O) groups is 3. The second kappa shape index (κ2) is 14.4. The van der Waals surface area contributed by atoms with Gasteiger partial charge < -0.3 is 24.4 Å². The lowest BCUT2D eigenvalue weighted by Gasteiger charge is -2.23. The first-order valence-corrected chi connectivity index (χ1v) is 12.3. The lowest BCUT2D eigenvalue weighted by molar-refractivity contribution is -0.131. The molecule has 2 amide bonds. The number of aryl methyl sites for hydroxylation is 1. The zero-order valence-electron chi connectivity index (χ0n) is 21.9. The van der Waals surface area contributed by atoms with Gasteiger partial charge in [0.1, 0.15) is 0 Å². The molecule has 3 aromatic rings. The molecule has 0 spiro atoms. The molecule has 200 valence electrons. The van der Waals surface area contributed by atoms with Crippen molar-refractivity contribution in [1.82, 2.24) is 15.2 Å². The van der Waals surface area contributed by atoms with E-state index in [0.29, 0.717) is 18.8 Å². The highest BCUT2D eigenvalue weighted by atomic mass is 16.5. The molecule has 9 nitrogen and oxygen atoms in total. The fraction of sp³-hybridized carbons (Fsp3) is 0.310. The highest BCUT2D eigenvalue weighted by Gasteiger charge is 2.22. The second-order valence-corrected chi connectivity index (χ2v) is 8.51. The molecule has 0 aliphatic heterocycles. The number of hydrogen-bond acceptors (Lipinski definition) is 7. The van der Waals surface area contributed by atoms with Gasteiger partial charge in [-0.25, -0.2) is 0 Å². The van der Waals surface area contributed by atoms with Crippen LogP contribution in [0.1, 0.15) is 34.3 Å². The number of aromatic nitrogens is 1. The predicted molar refractivity (Wildman–Crippen MR) is 142 cm³/mol. The fourth-order valence-corrected chi connectivity index (χ4v) is 3.98. The molecule has 1 aromatic heterocycles. The Hall–Kier alpha value is -4.40. The minimum Gasteiger partial charge on any atom is -0.493 e. The van der Waals surface area contributed by atoms with Gasteiger partial charge in [-0.2, -0.15) is 0 Å². The minimum atomic E-state index is -0.822. The monoisotopic (exact) mass is 519 g/mol. The second-order valence-electron chi connectivity index (χ2n) is 8.51. The number of ketones is 1. The van der Waals surface area contributed by atoms with Gasteiger partial charge in [0.2, 0.25) is 17.4 Å². The third-order valence-electron chi connectivity index (χ3n) is 5.97. The van der Waals surface area contributed by atoms with Crippen molar-refractivity contribution in [2.45, 2.75) is 25.8 Å². The van der Waals surface area contributed by atoms with E-state index in [2.05, 4.69) is 22.4 Å². The van der Waals surface area contributed by atoms with E-state index in [1.54, 1.807) is 17.3 Å². The van der Waals surface area contributed by atoms with Crippen molar-refractivity contribution in [2.24, 2.45) is 0 Å². The lowest BCUT2D eigenvalue weighted by Crippen LogP contribution is -2.37. The minimum absolute atomic E-state index is 0.0271. The molecule has 1 heterocycles. The standard InChI is InChI=1S/C29H33N3O6/c1-36-24-18-23(19-25(37-2)28(24)38-3)27(34)29(35)31-16-13-26(33)32(20-22-11-14-30-15-12-22)17-7-10-21-8-5-4-6-9-21/h4-6,8-9,11-12,14-15,18-19H,7,10,13,16-17,20H2,1-3H3,(H,31,35). The maximum absolute atomic E-state index is 13.1. The van der Waals surface area contributed by atoms with Crippen molar-refractivity contribution in [3.8, 4) is 17.2 Å². The SMILES string of the molecule is COc1cc(C(=O)C(=O)NCCC(=O)N(CCCc2ccccc2)Cc2ccncc2)cc(OC)c1OC. The predicted octanol–water partition coefficient (Wildman–Crippen LogP) is 3.46. The Labute approximate surface area is 222 Å². The molecule has 0 aliphatic rings. The molecule has 0 radical (unpaired) electrons. The molecule has 9 heteroatoms. The van der Waals surface area contributed by atoms with E-state index in [1.807, 2.05) is 30.3 Å². The number of hydrogen-bond donors (Lipinski definition) is 1. The van der Waals surface area contributed by atoms with Crippen LogP contribution in [0.2, 0.25) is 0 Å². The van der Waals surface area contributed by atoms with Crippen molar-refractivity contribution >= 4 is 17.6 Å². The summed E-state index contributed by atoms with van der Waals surface area (Å²) in [5.74, 6) is -0.861. The molecule has 0 fully saturated rings. The summed E-state index contributed by atoms with van der Waals surface area (Å²) >= 11 is 0. The van der Waals surface area contributed by atoms with Crippen molar-refractivity contribution in [2.75, 3.05) is 34.4 Å². The summed E-state index contributed by atoms with van der Waals surface area (Å²) in [6, 6.07) is 16.7. The molecule has 0 saturated carbocycles. The topological polar surface area (TPSA) is 107 Å². The van der Waals surface area contributed by atoms with Crippen molar-refractivity contribution in [3.63, 3.8) is 0 Å². The van der Waals surface area contributed by atoms with E-state index < -0.39 is 11.7 Å². The van der Waals surface area contributed by atoms with Gasteiger partial charge in [-0.3, -0.25) is 19.4 Å². The Balaban J connectivity index is 1.59. The lowest BCUT2D eigenvalue weighted by atomic mass is 10.1. The molecule has 38 heavy (non-hydrogen) atoms. The highest BCUT2D eigenvalue weighted by molar-refractivity contribution is 6.43. The van der Waals surface area contributed by atoms with Crippen molar-refractivity contribution in [1.29, 1.82) is 0 Å². The summed E-state index contributed by atoms with van der Waals surface area (Å²) in [6.45, 7) is 1.03. The van der Waals surface area contributed by atoms with Crippen LogP contribution in [0.15, 0.2) is 67.0 Å². The van der Waals surface area contributed by atoms with Gasteiger partial charge in [0, 0.05) is 44.0 Å². The van der Waals surface area contributed by atoms with E-state index >= 15 is 0 Å². The molecular weight excluding hydrogens is 486 g/mol. The average Bonchev–Trinajstić information content (AvgIpc) is 2.96. The van der Waals surface area contributed by atoms with Crippen LogP contribution in [0.25, 0.3) is 0 Å². The maximum atomic E-state index is 13.1. The fourth-order valence-electron chi connectivity index (χ4n) is 3.98. The molecule has 1 N–H and O–H groups in total. The van der Waals surface area contributed by atoms with Crippen LogP contribution in [0.3, 0.4) is 0 Å². The van der Waals surface area contributed by atoms with Gasteiger partial charge in [-0.05, 0) is 48.2 Å². The summed E-state index contributed by atoms with van der Waals surface area (Å²) in [6.07, 6.45) is 5.09. The van der Waals surface area contributed by atoms with Gasteiger partial charge in [0.15, 0.2) is 11.5 Å². The summed E-state index contributed by atoms with van der Waals surface area (Å²) in [5, 5.41) is 2.56.